The minimum Gasteiger partial charge on any atom is -0.426 e. The number of rotatable bonds is 4. The van der Waals surface area contributed by atoms with Gasteiger partial charge < -0.3 is 4.74 Å². The van der Waals surface area contributed by atoms with Crippen LogP contribution in [0.1, 0.15) is 32.3 Å². The number of carbonyl (C=O) groups excluding carboxylic acids is 1. The molecule has 0 amide bonds. The summed E-state index contributed by atoms with van der Waals surface area (Å²) in [5.41, 5.74) is 1.10. The van der Waals surface area contributed by atoms with Crippen molar-refractivity contribution in [2.24, 2.45) is 5.92 Å². The van der Waals surface area contributed by atoms with Crippen LogP contribution in [0, 0.1) is 12.8 Å². The summed E-state index contributed by atoms with van der Waals surface area (Å²) in [5, 5.41) is 0. The second-order valence-corrected chi connectivity index (χ2v) is 3.75. The Morgan fingerprint density at radius 1 is 1.33 bits per heavy atom. The highest BCUT2D eigenvalue weighted by Gasteiger charge is 2.16. The highest BCUT2D eigenvalue weighted by Crippen LogP contribution is 2.16. The van der Waals surface area contributed by atoms with Crippen molar-refractivity contribution in [3.63, 3.8) is 0 Å². The Bertz CT molecular complexity index is 327. The molecule has 0 aromatic heterocycles. The highest BCUT2D eigenvalue weighted by atomic mass is 16.5. The van der Waals surface area contributed by atoms with Gasteiger partial charge >= 0.3 is 5.97 Å². The first-order valence-corrected chi connectivity index (χ1v) is 5.45. The lowest BCUT2D eigenvalue weighted by Gasteiger charge is -2.11. The lowest BCUT2D eigenvalue weighted by Crippen LogP contribution is -2.19. The van der Waals surface area contributed by atoms with Crippen LogP contribution in [0.4, 0.5) is 0 Å². The standard InChI is InChI=1S/C13H18O2/c1-4-11(5-2)13(14)15-12-8-6-7-10(3)9-12/h6-9,11H,4-5H2,1-3H3. The molecular formula is C13H18O2. The monoisotopic (exact) mass is 206 g/mol. The third-order valence-corrected chi connectivity index (χ3v) is 2.53. The Labute approximate surface area is 91.3 Å². The highest BCUT2D eigenvalue weighted by molar-refractivity contribution is 5.75. The van der Waals surface area contributed by atoms with E-state index in [9.17, 15) is 4.79 Å². The van der Waals surface area contributed by atoms with E-state index in [-0.39, 0.29) is 11.9 Å². The van der Waals surface area contributed by atoms with Crippen molar-refractivity contribution in [1.29, 1.82) is 0 Å². The van der Waals surface area contributed by atoms with Gasteiger partial charge in [-0.2, -0.15) is 0 Å². The smallest absolute Gasteiger partial charge is 0.314 e. The Hall–Kier alpha value is -1.31. The van der Waals surface area contributed by atoms with Gasteiger partial charge in [-0.1, -0.05) is 26.0 Å². The number of esters is 1. The molecule has 82 valence electrons. The molecular weight excluding hydrogens is 188 g/mol. The predicted octanol–water partition coefficient (Wildman–Crippen LogP) is 3.34. The van der Waals surface area contributed by atoms with Crippen molar-refractivity contribution in [3.8, 4) is 5.75 Å². The van der Waals surface area contributed by atoms with Gasteiger partial charge in [-0.3, -0.25) is 4.79 Å². The molecule has 1 rings (SSSR count). The van der Waals surface area contributed by atoms with Crippen molar-refractivity contribution < 1.29 is 9.53 Å². The number of carbonyl (C=O) groups is 1. The zero-order chi connectivity index (χ0) is 11.3. The molecule has 0 heterocycles. The summed E-state index contributed by atoms with van der Waals surface area (Å²) >= 11 is 0. The molecule has 0 aliphatic rings. The van der Waals surface area contributed by atoms with E-state index in [2.05, 4.69) is 0 Å². The maximum atomic E-state index is 11.7. The number of aryl methyl sites for hydroxylation is 1. The van der Waals surface area contributed by atoms with Gasteiger partial charge in [-0.25, -0.2) is 0 Å². The SMILES string of the molecule is CCC(CC)C(=O)Oc1cccc(C)c1. The van der Waals surface area contributed by atoms with Gasteiger partial charge in [0.1, 0.15) is 5.75 Å². The first kappa shape index (κ1) is 11.8. The van der Waals surface area contributed by atoms with Gasteiger partial charge in [0.2, 0.25) is 0 Å². The van der Waals surface area contributed by atoms with Crippen LogP contribution in [0.3, 0.4) is 0 Å². The second kappa shape index (κ2) is 5.54. The molecule has 0 atom stereocenters. The summed E-state index contributed by atoms with van der Waals surface area (Å²) in [4.78, 5) is 11.7. The van der Waals surface area contributed by atoms with Crippen molar-refractivity contribution in [3.05, 3.63) is 29.8 Å². The van der Waals surface area contributed by atoms with E-state index < -0.39 is 0 Å². The maximum Gasteiger partial charge on any atom is 0.314 e. The Morgan fingerprint density at radius 2 is 2.00 bits per heavy atom. The molecule has 15 heavy (non-hydrogen) atoms. The summed E-state index contributed by atoms with van der Waals surface area (Å²) < 4.78 is 5.30. The molecule has 0 aliphatic carbocycles. The van der Waals surface area contributed by atoms with Crippen LogP contribution in [0.5, 0.6) is 5.75 Å². The van der Waals surface area contributed by atoms with Crippen molar-refractivity contribution in [2.45, 2.75) is 33.6 Å². The van der Waals surface area contributed by atoms with Gasteiger partial charge in [0.05, 0.1) is 5.92 Å². The van der Waals surface area contributed by atoms with Crippen LogP contribution in [-0.2, 0) is 4.79 Å². The average molecular weight is 206 g/mol. The summed E-state index contributed by atoms with van der Waals surface area (Å²) in [6.07, 6.45) is 1.67. The number of benzene rings is 1. The third kappa shape index (κ3) is 3.39. The van der Waals surface area contributed by atoms with E-state index in [0.717, 1.165) is 18.4 Å². The molecule has 0 bridgehead atoms. The first-order chi connectivity index (χ1) is 7.17. The van der Waals surface area contributed by atoms with Crippen LogP contribution < -0.4 is 4.74 Å². The van der Waals surface area contributed by atoms with E-state index in [1.807, 2.05) is 45.0 Å². The van der Waals surface area contributed by atoms with E-state index in [4.69, 9.17) is 4.74 Å². The molecule has 0 radical (unpaired) electrons. The molecule has 0 fully saturated rings. The van der Waals surface area contributed by atoms with E-state index in [1.165, 1.54) is 0 Å². The minimum absolute atomic E-state index is 0.0190. The zero-order valence-corrected chi connectivity index (χ0v) is 9.62. The van der Waals surface area contributed by atoms with Crippen LogP contribution in [-0.4, -0.2) is 5.97 Å². The van der Waals surface area contributed by atoms with Crippen molar-refractivity contribution in [2.75, 3.05) is 0 Å². The fraction of sp³-hybridized carbons (Fsp3) is 0.462. The zero-order valence-electron chi connectivity index (χ0n) is 9.62. The molecule has 2 heteroatoms. The molecule has 0 saturated carbocycles. The third-order valence-electron chi connectivity index (χ3n) is 2.53. The van der Waals surface area contributed by atoms with E-state index in [1.54, 1.807) is 0 Å². The second-order valence-electron chi connectivity index (χ2n) is 3.75. The lowest BCUT2D eigenvalue weighted by atomic mass is 10.0. The van der Waals surface area contributed by atoms with Gasteiger partial charge in [-0.15, -0.1) is 0 Å². The average Bonchev–Trinajstić information content (AvgIpc) is 2.19. The summed E-state index contributed by atoms with van der Waals surface area (Å²) in [6, 6.07) is 7.56. The van der Waals surface area contributed by atoms with Crippen LogP contribution in [0.2, 0.25) is 0 Å². The van der Waals surface area contributed by atoms with Gasteiger partial charge in [0, 0.05) is 0 Å². The Morgan fingerprint density at radius 3 is 2.53 bits per heavy atom. The predicted molar refractivity (Wildman–Crippen MR) is 60.9 cm³/mol. The summed E-state index contributed by atoms with van der Waals surface area (Å²) in [5.74, 6) is 0.544. The molecule has 1 aromatic rings. The van der Waals surface area contributed by atoms with Crippen molar-refractivity contribution >= 4 is 5.97 Å². The number of ether oxygens (including phenoxy) is 1. The van der Waals surface area contributed by atoms with Crippen LogP contribution >= 0.6 is 0 Å². The topological polar surface area (TPSA) is 26.3 Å². The lowest BCUT2D eigenvalue weighted by molar-refractivity contribution is -0.139. The number of hydrogen-bond acceptors (Lipinski definition) is 2. The van der Waals surface area contributed by atoms with E-state index >= 15 is 0 Å². The maximum absolute atomic E-state index is 11.7. The molecule has 0 aliphatic heterocycles. The van der Waals surface area contributed by atoms with Crippen LogP contribution in [0.15, 0.2) is 24.3 Å². The molecule has 1 aromatic carbocycles. The Kier molecular flexibility index (Phi) is 4.35. The van der Waals surface area contributed by atoms with Crippen LogP contribution in [0.25, 0.3) is 0 Å². The largest absolute Gasteiger partial charge is 0.426 e. The normalized spacial score (nSPS) is 10.4. The molecule has 0 unspecified atom stereocenters. The number of hydrogen-bond donors (Lipinski definition) is 0. The fourth-order valence-electron chi connectivity index (χ4n) is 1.50. The molecule has 0 N–H and O–H groups in total. The molecule has 0 spiro atoms. The van der Waals surface area contributed by atoms with Gasteiger partial charge in [0.15, 0.2) is 0 Å². The van der Waals surface area contributed by atoms with Gasteiger partial charge in [-0.05, 0) is 37.5 Å². The fourth-order valence-corrected chi connectivity index (χ4v) is 1.50. The molecule has 0 saturated heterocycles. The van der Waals surface area contributed by atoms with Gasteiger partial charge in [0.25, 0.3) is 0 Å². The first-order valence-electron chi connectivity index (χ1n) is 5.45. The molecule has 2 nitrogen and oxygen atoms in total. The Balaban J connectivity index is 2.65. The summed E-state index contributed by atoms with van der Waals surface area (Å²) in [6.45, 7) is 5.99. The minimum atomic E-state index is -0.120. The summed E-state index contributed by atoms with van der Waals surface area (Å²) in [7, 11) is 0. The van der Waals surface area contributed by atoms with Crippen molar-refractivity contribution in [1.82, 2.24) is 0 Å². The quantitative estimate of drug-likeness (QED) is 0.558. The van der Waals surface area contributed by atoms with E-state index in [0.29, 0.717) is 5.75 Å².